The summed E-state index contributed by atoms with van der Waals surface area (Å²) in [7, 11) is 0. The lowest BCUT2D eigenvalue weighted by molar-refractivity contribution is -0.0856. The molecule has 0 spiro atoms. The van der Waals surface area contributed by atoms with E-state index in [0.29, 0.717) is 23.7 Å². The third kappa shape index (κ3) is 4.55. The third-order valence-electron chi connectivity index (χ3n) is 9.71. The molecule has 0 aromatic rings. The molecule has 3 rings (SSSR count). The Bertz CT molecular complexity index is 599. The minimum atomic E-state index is -0.454. The molecular weight excluding hydrogens is 372 g/mol. The third-order valence-corrected chi connectivity index (χ3v) is 9.71. The summed E-state index contributed by atoms with van der Waals surface area (Å²) in [6.45, 7) is 12.0. The topological polar surface area (TPSA) is 60.7 Å². The van der Waals surface area contributed by atoms with E-state index >= 15 is 0 Å². The lowest BCUT2D eigenvalue weighted by Gasteiger charge is -2.54. The number of aliphatic hydroxyl groups is 3. The molecule has 0 unspecified atom stereocenters. The van der Waals surface area contributed by atoms with Crippen molar-refractivity contribution in [3.63, 3.8) is 0 Å². The van der Waals surface area contributed by atoms with Gasteiger partial charge in [-0.3, -0.25) is 0 Å². The number of hydrogen-bond donors (Lipinski definition) is 3. The van der Waals surface area contributed by atoms with Gasteiger partial charge in [0.1, 0.15) is 0 Å². The summed E-state index contributed by atoms with van der Waals surface area (Å²) in [6.07, 6.45) is 12.3. The molecule has 0 aromatic heterocycles. The minimum Gasteiger partial charge on any atom is -0.393 e. The van der Waals surface area contributed by atoms with E-state index in [1.54, 1.807) is 0 Å². The van der Waals surface area contributed by atoms with Gasteiger partial charge in [-0.25, -0.2) is 0 Å². The lowest BCUT2D eigenvalue weighted by Crippen LogP contribution is -2.50. The summed E-state index contributed by atoms with van der Waals surface area (Å²) in [6, 6.07) is 0. The van der Waals surface area contributed by atoms with Gasteiger partial charge in [0.05, 0.1) is 18.8 Å². The Balaban J connectivity index is 1.79. The average molecular weight is 421 g/mol. The molecule has 0 amide bonds. The van der Waals surface area contributed by atoms with Crippen LogP contribution in [0.25, 0.3) is 0 Å². The number of aliphatic hydroxyl groups excluding tert-OH is 3. The van der Waals surface area contributed by atoms with Crippen molar-refractivity contribution < 1.29 is 15.3 Å². The fourth-order valence-corrected chi connectivity index (χ4v) is 7.82. The molecule has 0 heterocycles. The Hall–Kier alpha value is -0.380. The second-order valence-corrected chi connectivity index (χ2v) is 12.0. The average Bonchev–Trinajstić information content (AvgIpc) is 3.02. The van der Waals surface area contributed by atoms with Gasteiger partial charge in [-0.1, -0.05) is 65.5 Å². The highest BCUT2D eigenvalue weighted by atomic mass is 16.3. The maximum atomic E-state index is 11.0. The Labute approximate surface area is 185 Å². The van der Waals surface area contributed by atoms with Crippen LogP contribution in [0.5, 0.6) is 0 Å². The number of rotatable bonds is 7. The zero-order valence-electron chi connectivity index (χ0n) is 20.2. The maximum absolute atomic E-state index is 11.0. The van der Waals surface area contributed by atoms with E-state index in [1.165, 1.54) is 44.1 Å². The van der Waals surface area contributed by atoms with E-state index in [-0.39, 0.29) is 18.1 Å². The van der Waals surface area contributed by atoms with E-state index in [0.717, 1.165) is 37.0 Å². The predicted octanol–water partition coefficient (Wildman–Crippen LogP) is 5.72. The summed E-state index contributed by atoms with van der Waals surface area (Å²) in [5, 5.41) is 30.9. The van der Waals surface area contributed by atoms with Crippen molar-refractivity contribution in [1.82, 2.24) is 0 Å². The predicted molar refractivity (Wildman–Crippen MR) is 124 cm³/mol. The number of fused-ring (bicyclic) bond motifs is 1. The Morgan fingerprint density at radius 3 is 2.23 bits per heavy atom. The summed E-state index contributed by atoms with van der Waals surface area (Å²) in [5.41, 5.74) is 1.58. The zero-order valence-corrected chi connectivity index (χ0v) is 20.2. The quantitative estimate of drug-likeness (QED) is 0.461. The van der Waals surface area contributed by atoms with Crippen LogP contribution in [0.3, 0.4) is 0 Å². The van der Waals surface area contributed by atoms with Gasteiger partial charge >= 0.3 is 0 Å². The van der Waals surface area contributed by atoms with Gasteiger partial charge in [0, 0.05) is 5.41 Å². The first kappa shape index (κ1) is 24.3. The highest BCUT2D eigenvalue weighted by molar-refractivity contribution is 5.25. The first-order chi connectivity index (χ1) is 14.1. The molecule has 0 aliphatic heterocycles. The van der Waals surface area contributed by atoms with Crippen LogP contribution < -0.4 is 0 Å². The van der Waals surface area contributed by atoms with Crippen LogP contribution >= 0.6 is 0 Å². The van der Waals surface area contributed by atoms with Crippen molar-refractivity contribution in [3.05, 3.63) is 11.6 Å². The summed E-state index contributed by atoms with van der Waals surface area (Å²) < 4.78 is 0. The number of allylic oxidation sites excluding steroid dienone is 1. The van der Waals surface area contributed by atoms with E-state index in [2.05, 4.69) is 40.7 Å². The van der Waals surface area contributed by atoms with Gasteiger partial charge in [0.15, 0.2) is 0 Å². The van der Waals surface area contributed by atoms with Crippen LogP contribution in [0.2, 0.25) is 0 Å². The first-order valence-electron chi connectivity index (χ1n) is 12.8. The second-order valence-electron chi connectivity index (χ2n) is 12.0. The van der Waals surface area contributed by atoms with Crippen LogP contribution in [0.15, 0.2) is 11.6 Å². The molecule has 3 saturated carbocycles. The standard InChI is InChI=1S/C27H48O3/c1-18(2)7-6-8-19(3)22-9-10-23-21(13-16-28)24(12-15-26(22,23)4)27(5)14-11-20(29)17-25(27)30/h13,18-20,22-25,28-30H,6-12,14-17H2,1-5H3/b21-13-/t19-,20+,22-,23+,24+,25+,26-,27-/m1/s1. The van der Waals surface area contributed by atoms with Gasteiger partial charge in [-0.15, -0.1) is 0 Å². The fourth-order valence-electron chi connectivity index (χ4n) is 7.82. The Morgan fingerprint density at radius 1 is 0.933 bits per heavy atom. The molecule has 3 nitrogen and oxygen atoms in total. The van der Waals surface area contributed by atoms with Gasteiger partial charge in [-0.05, 0) is 80.0 Å². The smallest absolute Gasteiger partial charge is 0.0624 e. The van der Waals surface area contributed by atoms with Crippen molar-refractivity contribution in [1.29, 1.82) is 0 Å². The molecule has 0 aromatic carbocycles. The monoisotopic (exact) mass is 420 g/mol. The van der Waals surface area contributed by atoms with Gasteiger partial charge in [0.2, 0.25) is 0 Å². The van der Waals surface area contributed by atoms with E-state index in [1.807, 2.05) is 0 Å². The molecule has 8 atom stereocenters. The van der Waals surface area contributed by atoms with Crippen molar-refractivity contribution in [3.8, 4) is 0 Å². The molecule has 30 heavy (non-hydrogen) atoms. The molecule has 0 bridgehead atoms. The molecule has 3 N–H and O–H groups in total. The molecule has 174 valence electrons. The summed E-state index contributed by atoms with van der Waals surface area (Å²) >= 11 is 0. The molecule has 3 aliphatic rings. The van der Waals surface area contributed by atoms with E-state index in [9.17, 15) is 15.3 Å². The lowest BCUT2D eigenvalue weighted by atomic mass is 9.51. The first-order valence-corrected chi connectivity index (χ1v) is 12.8. The summed E-state index contributed by atoms with van der Waals surface area (Å²) in [4.78, 5) is 0. The normalized spacial score (nSPS) is 44.4. The van der Waals surface area contributed by atoms with Gasteiger partial charge in [-0.2, -0.15) is 0 Å². The minimum absolute atomic E-state index is 0.0990. The second kappa shape index (κ2) is 9.63. The van der Waals surface area contributed by atoms with E-state index < -0.39 is 6.10 Å². The van der Waals surface area contributed by atoms with Gasteiger partial charge < -0.3 is 15.3 Å². The van der Waals surface area contributed by atoms with Crippen molar-refractivity contribution in [2.45, 2.75) is 111 Å². The van der Waals surface area contributed by atoms with Crippen LogP contribution in [0, 0.1) is 40.4 Å². The molecular formula is C27H48O3. The molecule has 0 radical (unpaired) electrons. The highest BCUT2D eigenvalue weighted by Crippen LogP contribution is 2.64. The summed E-state index contributed by atoms with van der Waals surface area (Å²) in [5.74, 6) is 3.19. The van der Waals surface area contributed by atoms with Crippen molar-refractivity contribution in [2.24, 2.45) is 40.4 Å². The van der Waals surface area contributed by atoms with Crippen LogP contribution in [0.4, 0.5) is 0 Å². The zero-order chi connectivity index (χ0) is 22.1. The van der Waals surface area contributed by atoms with E-state index in [4.69, 9.17) is 0 Å². The maximum Gasteiger partial charge on any atom is 0.0624 e. The van der Waals surface area contributed by atoms with Crippen LogP contribution in [-0.4, -0.2) is 34.1 Å². The fraction of sp³-hybridized carbons (Fsp3) is 0.926. The SMILES string of the molecule is CC(C)CCC[C@@H](C)[C@H]1CC[C@H]2/C(=C/CO)[C@@H]([C@@]3(C)CC[C@H](O)C[C@@H]3O)CC[C@]12C. The highest BCUT2D eigenvalue weighted by Gasteiger charge is 2.56. The molecule has 3 heteroatoms. The molecule has 3 fully saturated rings. The Morgan fingerprint density at radius 2 is 1.60 bits per heavy atom. The van der Waals surface area contributed by atoms with Gasteiger partial charge in [0.25, 0.3) is 0 Å². The largest absolute Gasteiger partial charge is 0.393 e. The van der Waals surface area contributed by atoms with Crippen molar-refractivity contribution in [2.75, 3.05) is 6.61 Å². The van der Waals surface area contributed by atoms with Crippen molar-refractivity contribution >= 4 is 0 Å². The number of hydrogen-bond acceptors (Lipinski definition) is 3. The Kier molecular flexibility index (Phi) is 7.79. The van der Waals surface area contributed by atoms with Crippen LogP contribution in [0.1, 0.15) is 98.8 Å². The molecule has 0 saturated heterocycles. The van der Waals surface area contributed by atoms with Crippen LogP contribution in [-0.2, 0) is 0 Å². The molecule has 3 aliphatic carbocycles.